The van der Waals surface area contributed by atoms with Gasteiger partial charge < -0.3 is 29.6 Å². The highest BCUT2D eigenvalue weighted by Crippen LogP contribution is 2.48. The summed E-state index contributed by atoms with van der Waals surface area (Å²) in [6.07, 6.45) is 0.795. The van der Waals surface area contributed by atoms with Crippen molar-refractivity contribution in [3.8, 4) is 28.7 Å². The van der Waals surface area contributed by atoms with Gasteiger partial charge in [0.1, 0.15) is 5.75 Å². The molecule has 0 unspecified atom stereocenters. The average molecular weight is 472 g/mol. The first-order valence-electron chi connectivity index (χ1n) is 11.7. The van der Waals surface area contributed by atoms with Crippen molar-refractivity contribution in [3.05, 3.63) is 41.5 Å². The fourth-order valence-corrected chi connectivity index (χ4v) is 4.25. The number of rotatable bonds is 10. The minimum absolute atomic E-state index is 0.120. The van der Waals surface area contributed by atoms with Gasteiger partial charge in [-0.15, -0.1) is 0 Å². The van der Waals surface area contributed by atoms with Crippen LogP contribution in [-0.2, 0) is 6.42 Å². The van der Waals surface area contributed by atoms with Crippen molar-refractivity contribution >= 4 is 5.91 Å². The van der Waals surface area contributed by atoms with Crippen LogP contribution in [0.15, 0.2) is 30.3 Å². The Labute approximate surface area is 202 Å². The topological polar surface area (TPSA) is 86.5 Å². The second-order valence-corrected chi connectivity index (χ2v) is 8.79. The first-order chi connectivity index (χ1) is 16.4. The number of piperazine rings is 1. The van der Waals surface area contributed by atoms with Gasteiger partial charge in [0, 0.05) is 38.8 Å². The van der Waals surface area contributed by atoms with Gasteiger partial charge in [-0.25, -0.2) is 0 Å². The summed E-state index contributed by atoms with van der Waals surface area (Å²) < 4.78 is 23.0. The lowest BCUT2D eigenvalue weighted by Crippen LogP contribution is -2.49. The Morgan fingerprint density at radius 3 is 2.09 bits per heavy atom. The summed E-state index contributed by atoms with van der Waals surface area (Å²) in [5.74, 6) is 2.50. The fraction of sp³-hybridized carbons (Fsp3) is 0.500. The molecule has 0 radical (unpaired) electrons. The van der Waals surface area contributed by atoms with E-state index in [0.717, 1.165) is 31.6 Å². The van der Waals surface area contributed by atoms with Gasteiger partial charge >= 0.3 is 0 Å². The molecule has 1 amide bonds. The Hall–Kier alpha value is -2.97. The van der Waals surface area contributed by atoms with Gasteiger partial charge in [0.05, 0.1) is 26.9 Å². The van der Waals surface area contributed by atoms with Crippen LogP contribution >= 0.6 is 0 Å². The lowest BCUT2D eigenvalue weighted by atomic mass is 10.1. The summed E-state index contributed by atoms with van der Waals surface area (Å²) >= 11 is 0. The van der Waals surface area contributed by atoms with Gasteiger partial charge in [0.25, 0.3) is 5.91 Å². The third kappa shape index (κ3) is 5.93. The lowest BCUT2D eigenvalue weighted by molar-refractivity contribution is 0.0619. The van der Waals surface area contributed by atoms with Gasteiger partial charge in [-0.1, -0.05) is 26.0 Å². The predicted molar refractivity (Wildman–Crippen MR) is 133 cm³/mol. The van der Waals surface area contributed by atoms with Crippen LogP contribution < -0.4 is 24.7 Å². The van der Waals surface area contributed by atoms with E-state index >= 15 is 0 Å². The quantitative estimate of drug-likeness (QED) is 0.568. The molecular formula is C26H37N3O5. The number of nitrogens with two attached hydrogens (primary N) is 1. The van der Waals surface area contributed by atoms with Gasteiger partial charge in [-0.05, 0) is 36.6 Å². The van der Waals surface area contributed by atoms with Crippen LogP contribution in [0, 0.1) is 5.92 Å². The Balaban J connectivity index is 1.91. The van der Waals surface area contributed by atoms with Gasteiger partial charge in [0.2, 0.25) is 11.5 Å². The molecule has 1 fully saturated rings. The maximum absolute atomic E-state index is 13.6. The normalized spacial score (nSPS) is 14.3. The number of benzene rings is 2. The van der Waals surface area contributed by atoms with Crippen molar-refractivity contribution in [1.29, 1.82) is 0 Å². The number of carbonyl (C=O) groups is 1. The fourth-order valence-electron chi connectivity index (χ4n) is 4.25. The minimum Gasteiger partial charge on any atom is -0.492 e. The molecule has 0 aliphatic carbocycles. The van der Waals surface area contributed by atoms with Crippen LogP contribution in [-0.4, -0.2) is 76.3 Å². The molecule has 1 aliphatic heterocycles. The van der Waals surface area contributed by atoms with Crippen LogP contribution in [0.2, 0.25) is 0 Å². The van der Waals surface area contributed by atoms with Crippen LogP contribution in [0.3, 0.4) is 0 Å². The molecule has 1 aliphatic rings. The molecule has 8 heteroatoms. The number of nitrogens with zero attached hydrogens (tertiary/aromatic N) is 2. The number of amides is 1. The highest BCUT2D eigenvalue weighted by molar-refractivity contribution is 5.99. The maximum atomic E-state index is 13.6. The summed E-state index contributed by atoms with van der Waals surface area (Å²) in [7, 11) is 4.57. The van der Waals surface area contributed by atoms with E-state index in [9.17, 15) is 4.79 Å². The van der Waals surface area contributed by atoms with Gasteiger partial charge in [-0.2, -0.15) is 0 Å². The van der Waals surface area contributed by atoms with Crippen LogP contribution in [0.5, 0.6) is 28.7 Å². The van der Waals surface area contributed by atoms with Gasteiger partial charge in [0.15, 0.2) is 11.5 Å². The number of carbonyl (C=O) groups excluding carboxylic acids is 1. The molecular weight excluding hydrogens is 434 g/mol. The molecule has 2 aromatic carbocycles. The summed E-state index contributed by atoms with van der Waals surface area (Å²) in [6, 6.07) is 9.36. The SMILES string of the molecule is COc1c(Oc2ccc(CCN)cc2)cc(C(=O)N2CCN(CC(C)C)CC2)c(OC)c1OC. The van der Waals surface area contributed by atoms with E-state index < -0.39 is 0 Å². The van der Waals surface area contributed by atoms with Crippen molar-refractivity contribution in [2.24, 2.45) is 11.7 Å². The van der Waals surface area contributed by atoms with Crippen molar-refractivity contribution in [1.82, 2.24) is 9.80 Å². The highest BCUT2D eigenvalue weighted by atomic mass is 16.5. The second kappa shape index (κ2) is 11.9. The monoisotopic (exact) mass is 471 g/mol. The van der Waals surface area contributed by atoms with E-state index in [0.29, 0.717) is 59.9 Å². The smallest absolute Gasteiger partial charge is 0.258 e. The number of ether oxygens (including phenoxy) is 4. The molecule has 186 valence electrons. The van der Waals surface area contributed by atoms with E-state index in [2.05, 4.69) is 18.7 Å². The first kappa shape index (κ1) is 25.6. The van der Waals surface area contributed by atoms with Gasteiger partial charge in [-0.3, -0.25) is 9.69 Å². The first-order valence-corrected chi connectivity index (χ1v) is 11.7. The standard InChI is InChI=1S/C26H37N3O5/c1-18(2)17-28-12-14-29(15-13-28)26(30)21-16-22(24(32-4)25(33-5)23(21)31-3)34-20-8-6-19(7-9-20)10-11-27/h6-9,16,18H,10-15,17,27H2,1-5H3. The Morgan fingerprint density at radius 1 is 0.941 bits per heavy atom. The lowest BCUT2D eigenvalue weighted by Gasteiger charge is -2.35. The Morgan fingerprint density at radius 2 is 1.56 bits per heavy atom. The van der Waals surface area contributed by atoms with E-state index in [-0.39, 0.29) is 5.91 Å². The zero-order valence-corrected chi connectivity index (χ0v) is 20.9. The Kier molecular flexibility index (Phi) is 9.01. The molecule has 2 N–H and O–H groups in total. The van der Waals surface area contributed by atoms with E-state index in [1.54, 1.807) is 6.07 Å². The molecule has 1 heterocycles. The number of hydrogen-bond donors (Lipinski definition) is 1. The molecule has 3 rings (SSSR count). The molecule has 34 heavy (non-hydrogen) atoms. The summed E-state index contributed by atoms with van der Waals surface area (Å²) in [5, 5.41) is 0. The third-order valence-corrected chi connectivity index (χ3v) is 5.87. The minimum atomic E-state index is -0.120. The van der Waals surface area contributed by atoms with Crippen LogP contribution in [0.1, 0.15) is 29.8 Å². The zero-order valence-electron chi connectivity index (χ0n) is 20.9. The van der Waals surface area contributed by atoms with E-state index in [1.165, 1.54) is 21.3 Å². The summed E-state index contributed by atoms with van der Waals surface area (Å²) in [4.78, 5) is 17.8. The van der Waals surface area contributed by atoms with Crippen molar-refractivity contribution in [3.63, 3.8) is 0 Å². The molecule has 8 nitrogen and oxygen atoms in total. The molecule has 0 spiro atoms. The third-order valence-electron chi connectivity index (χ3n) is 5.87. The van der Waals surface area contributed by atoms with Crippen molar-refractivity contribution < 1.29 is 23.7 Å². The summed E-state index contributed by atoms with van der Waals surface area (Å²) in [6.45, 7) is 9.03. The van der Waals surface area contributed by atoms with Crippen LogP contribution in [0.25, 0.3) is 0 Å². The molecule has 2 aromatic rings. The number of hydrogen-bond acceptors (Lipinski definition) is 7. The largest absolute Gasteiger partial charge is 0.492 e. The molecule has 0 bridgehead atoms. The maximum Gasteiger partial charge on any atom is 0.258 e. The van der Waals surface area contributed by atoms with E-state index in [4.69, 9.17) is 24.7 Å². The summed E-state index contributed by atoms with van der Waals surface area (Å²) in [5.41, 5.74) is 7.15. The van der Waals surface area contributed by atoms with E-state index in [1.807, 2.05) is 29.2 Å². The molecule has 0 saturated carbocycles. The zero-order chi connectivity index (χ0) is 24.7. The average Bonchev–Trinajstić information content (AvgIpc) is 2.84. The molecule has 0 aromatic heterocycles. The predicted octanol–water partition coefficient (Wildman–Crippen LogP) is 3.42. The number of methoxy groups -OCH3 is 3. The van der Waals surface area contributed by atoms with Crippen LogP contribution in [0.4, 0.5) is 0 Å². The van der Waals surface area contributed by atoms with Crippen molar-refractivity contribution in [2.45, 2.75) is 20.3 Å². The molecule has 0 atom stereocenters. The van der Waals surface area contributed by atoms with Crippen molar-refractivity contribution in [2.75, 3.05) is 60.6 Å². The molecule has 1 saturated heterocycles. The highest BCUT2D eigenvalue weighted by Gasteiger charge is 2.30. The second-order valence-electron chi connectivity index (χ2n) is 8.79. The Bertz CT molecular complexity index is 954.